The fourth-order valence-electron chi connectivity index (χ4n) is 5.11. The van der Waals surface area contributed by atoms with Crippen molar-refractivity contribution in [3.8, 4) is 0 Å². The lowest BCUT2D eigenvalue weighted by Gasteiger charge is -2.27. The van der Waals surface area contributed by atoms with Crippen molar-refractivity contribution in [2.75, 3.05) is 24.7 Å². The number of hydrogen-bond donors (Lipinski definition) is 5. The highest BCUT2D eigenvalue weighted by atomic mass is 32.5. The van der Waals surface area contributed by atoms with Gasteiger partial charge in [0.05, 0.1) is 24.8 Å². The molecule has 10 atom stereocenters. The van der Waals surface area contributed by atoms with Crippen molar-refractivity contribution in [1.29, 1.82) is 0 Å². The molecule has 0 aromatic carbocycles. The number of nitrogens with zero attached hydrogens (tertiary/aromatic N) is 8. The van der Waals surface area contributed by atoms with Crippen LogP contribution >= 0.6 is 25.2 Å². The molecule has 7 rings (SSSR count). The van der Waals surface area contributed by atoms with E-state index in [-0.39, 0.29) is 34.1 Å². The summed E-state index contributed by atoms with van der Waals surface area (Å²) in [5.41, 5.74) is 10.9. The van der Waals surface area contributed by atoms with E-state index in [9.17, 15) is 14.6 Å². The standard InChI is InChI=1S/C19H21F2N11O8P2S3/c20-7-6-2-37-42(35,44)39-11-5(38-17(8(11)21)31-4-26-9-13(22)24-3-25-14(9)31)1-36-41(34,43)40-12(7)18(45-6)32-15-10(29-30-32)16(33)28-19(23)27-15/h3-8,11-12,17-18H,1-2H2,(H,34,43)(H,35,44)(H2,22,24,25)(H3,23,27,28,33)/t5-,6-,7-,8+,11-,12-,17-,18-,41?,42?/m1/s1. The summed E-state index contributed by atoms with van der Waals surface area (Å²) in [6.07, 6.45) is -7.49. The van der Waals surface area contributed by atoms with E-state index >= 15 is 8.78 Å². The van der Waals surface area contributed by atoms with Crippen molar-refractivity contribution in [2.45, 2.75) is 47.5 Å². The molecular weight excluding hydrogens is 706 g/mol. The van der Waals surface area contributed by atoms with Crippen LogP contribution in [0.2, 0.25) is 0 Å². The number of nitrogens with two attached hydrogens (primary N) is 2. The predicted molar refractivity (Wildman–Crippen MR) is 159 cm³/mol. The van der Waals surface area contributed by atoms with Crippen LogP contribution in [0.5, 0.6) is 0 Å². The average molecular weight is 728 g/mol. The van der Waals surface area contributed by atoms with Gasteiger partial charge in [0.25, 0.3) is 5.56 Å². The minimum Gasteiger partial charge on any atom is -0.382 e. The Hall–Kier alpha value is -2.34. The second kappa shape index (κ2) is 11.4. The highest BCUT2D eigenvalue weighted by Gasteiger charge is 2.53. The Labute approximate surface area is 263 Å². The number of thioether (sulfide) groups is 1. The third-order valence-corrected chi connectivity index (χ3v) is 11.7. The minimum absolute atomic E-state index is 0.0496. The van der Waals surface area contributed by atoms with Crippen LogP contribution in [-0.2, 0) is 46.4 Å². The van der Waals surface area contributed by atoms with Crippen LogP contribution in [0.1, 0.15) is 11.6 Å². The molecule has 45 heavy (non-hydrogen) atoms. The number of ether oxygens (including phenoxy) is 1. The molecule has 242 valence electrons. The van der Waals surface area contributed by atoms with Gasteiger partial charge in [0, 0.05) is 0 Å². The van der Waals surface area contributed by atoms with Gasteiger partial charge in [-0.2, -0.15) is 4.98 Å². The van der Waals surface area contributed by atoms with Gasteiger partial charge >= 0.3 is 13.4 Å². The van der Waals surface area contributed by atoms with E-state index in [1.807, 2.05) is 0 Å². The van der Waals surface area contributed by atoms with Gasteiger partial charge in [-0.15, -0.1) is 16.9 Å². The van der Waals surface area contributed by atoms with Crippen LogP contribution in [0.15, 0.2) is 17.4 Å². The van der Waals surface area contributed by atoms with E-state index in [0.29, 0.717) is 0 Å². The smallest absolute Gasteiger partial charge is 0.325 e. The lowest BCUT2D eigenvalue weighted by atomic mass is 10.1. The monoisotopic (exact) mass is 727 g/mol. The summed E-state index contributed by atoms with van der Waals surface area (Å²) >= 11 is 11.2. The summed E-state index contributed by atoms with van der Waals surface area (Å²) in [5.74, 6) is -0.201. The Balaban J connectivity index is 1.21. The van der Waals surface area contributed by atoms with Gasteiger partial charge in [-0.1, -0.05) is 5.21 Å². The Kier molecular flexibility index (Phi) is 7.94. The molecule has 4 aromatic heterocycles. The van der Waals surface area contributed by atoms with Gasteiger partial charge in [0.1, 0.15) is 41.7 Å². The van der Waals surface area contributed by atoms with Crippen LogP contribution in [-0.4, -0.2) is 103 Å². The molecule has 0 saturated carbocycles. The fraction of sp³-hybridized carbons (Fsp3) is 0.526. The van der Waals surface area contributed by atoms with Gasteiger partial charge in [0.15, 0.2) is 35.0 Å². The van der Waals surface area contributed by atoms with E-state index in [1.54, 1.807) is 0 Å². The molecule has 0 amide bonds. The first kappa shape index (κ1) is 31.3. The average Bonchev–Trinajstić information content (AvgIpc) is 3.72. The molecule has 3 saturated heterocycles. The Bertz CT molecular complexity index is 1950. The molecule has 3 fully saturated rings. The number of anilines is 2. The van der Waals surface area contributed by atoms with Crippen molar-refractivity contribution < 1.29 is 41.4 Å². The van der Waals surface area contributed by atoms with Crippen molar-refractivity contribution in [2.24, 2.45) is 0 Å². The van der Waals surface area contributed by atoms with E-state index in [0.717, 1.165) is 22.8 Å². The number of aromatic nitrogens is 9. The number of aromatic amines is 1. The number of alkyl halides is 2. The van der Waals surface area contributed by atoms with Gasteiger partial charge in [-0.25, -0.2) is 28.4 Å². The van der Waals surface area contributed by atoms with Gasteiger partial charge in [-0.05, 0) is 23.6 Å². The third-order valence-electron chi connectivity index (χ3n) is 7.10. The Morgan fingerprint density at radius 2 is 1.76 bits per heavy atom. The molecule has 7 N–H and O–H groups in total. The zero-order valence-electron chi connectivity index (χ0n) is 22.1. The quantitative estimate of drug-likeness (QED) is 0.170. The van der Waals surface area contributed by atoms with Crippen LogP contribution < -0.4 is 17.0 Å². The Morgan fingerprint density at radius 3 is 2.53 bits per heavy atom. The summed E-state index contributed by atoms with van der Waals surface area (Å²) in [7, 11) is 0. The van der Waals surface area contributed by atoms with E-state index < -0.39 is 79.7 Å². The maximum absolute atomic E-state index is 16.0. The molecule has 0 aliphatic carbocycles. The molecule has 4 aromatic rings. The number of nitrogens with one attached hydrogen (secondary N) is 1. The van der Waals surface area contributed by atoms with Crippen molar-refractivity contribution in [1.82, 2.24) is 44.5 Å². The summed E-state index contributed by atoms with van der Waals surface area (Å²) < 4.78 is 62.3. The SMILES string of the molecule is Nc1nc2c(nnn2[C@@H]2S[C@@H]3COP(O)(=S)O[C@H]4[C@H](F)[C@H](n5cnc6c(N)ncnc65)O[C@@H]4COP(O)(=S)O[C@@H]2[C@@H]3F)c(=O)[nH]1. The normalized spacial score (nSPS) is 37.7. The van der Waals surface area contributed by atoms with Crippen LogP contribution in [0.3, 0.4) is 0 Å². The summed E-state index contributed by atoms with van der Waals surface area (Å²) in [6, 6.07) is 0. The maximum atomic E-state index is 16.0. The number of fused-ring (bicyclic) bond motifs is 5. The van der Waals surface area contributed by atoms with Crippen LogP contribution in [0.25, 0.3) is 22.3 Å². The number of hydrogen-bond acceptors (Lipinski definition) is 17. The third kappa shape index (κ3) is 5.65. The van der Waals surface area contributed by atoms with Gasteiger partial charge in [-0.3, -0.25) is 23.4 Å². The second-order valence-corrected chi connectivity index (χ2v) is 16.9. The van der Waals surface area contributed by atoms with Crippen molar-refractivity contribution >= 4 is 82.9 Å². The van der Waals surface area contributed by atoms with Crippen LogP contribution in [0.4, 0.5) is 20.5 Å². The fourth-order valence-corrected chi connectivity index (χ4v) is 9.58. The first-order chi connectivity index (χ1) is 21.3. The molecule has 19 nitrogen and oxygen atoms in total. The van der Waals surface area contributed by atoms with Gasteiger partial charge in [0.2, 0.25) is 5.95 Å². The zero-order valence-corrected chi connectivity index (χ0v) is 26.4. The highest BCUT2D eigenvalue weighted by molar-refractivity contribution is 8.07. The van der Waals surface area contributed by atoms with E-state index in [2.05, 4.69) is 35.2 Å². The number of nitrogen functional groups attached to an aromatic ring is 2. The van der Waals surface area contributed by atoms with Crippen LogP contribution in [0, 0.1) is 0 Å². The summed E-state index contributed by atoms with van der Waals surface area (Å²) in [5, 5.41) is 5.46. The van der Waals surface area contributed by atoms with Crippen molar-refractivity contribution in [3.63, 3.8) is 0 Å². The minimum atomic E-state index is -4.31. The lowest BCUT2D eigenvalue weighted by molar-refractivity contribution is -0.0441. The topological polar surface area (TPSA) is 259 Å². The molecule has 2 unspecified atom stereocenters. The molecule has 2 bridgehead atoms. The number of H-pyrrole nitrogens is 1. The molecule has 0 radical (unpaired) electrons. The predicted octanol–water partition coefficient (Wildman–Crippen LogP) is -0.0427. The Morgan fingerprint density at radius 1 is 1.02 bits per heavy atom. The maximum Gasteiger partial charge on any atom is 0.325 e. The largest absolute Gasteiger partial charge is 0.382 e. The number of halogens is 2. The molecule has 3 aliphatic rings. The lowest BCUT2D eigenvalue weighted by Crippen LogP contribution is -2.34. The molecular formula is C19H21F2N11O8P2S3. The molecule has 3 aliphatic heterocycles. The van der Waals surface area contributed by atoms with Gasteiger partial charge < -0.3 is 35.0 Å². The van der Waals surface area contributed by atoms with Crippen molar-refractivity contribution in [3.05, 3.63) is 23.0 Å². The molecule has 0 spiro atoms. The second-order valence-electron chi connectivity index (χ2n) is 9.93. The first-order valence-electron chi connectivity index (χ1n) is 12.8. The zero-order chi connectivity index (χ0) is 31.8. The number of rotatable bonds is 2. The summed E-state index contributed by atoms with van der Waals surface area (Å²) in [4.78, 5) is 52.6. The molecule has 7 heterocycles. The number of imidazole rings is 1. The summed E-state index contributed by atoms with van der Waals surface area (Å²) in [6.45, 7) is -9.76. The highest BCUT2D eigenvalue weighted by Crippen LogP contribution is 2.57. The first-order valence-corrected chi connectivity index (χ1v) is 18.9. The van der Waals surface area contributed by atoms with E-state index in [1.165, 1.54) is 10.9 Å². The molecule has 26 heteroatoms. The van der Waals surface area contributed by atoms with E-state index in [4.69, 9.17) is 57.9 Å².